The molecule has 0 aromatic heterocycles. The lowest BCUT2D eigenvalue weighted by molar-refractivity contribution is -0.136. The maximum absolute atomic E-state index is 12.2. The number of carbonyl (C=O) groups excluding carboxylic acids is 1. The lowest BCUT2D eigenvalue weighted by atomic mass is 9.79. The molecule has 1 rings (SSSR count). The largest absolute Gasteiger partial charge is 0.381 e. The molecule has 5 heteroatoms. The molecule has 0 radical (unpaired) electrons. The molecule has 1 unspecified atom stereocenters. The van der Waals surface area contributed by atoms with E-state index in [0.29, 0.717) is 19.8 Å². The molecule has 1 fully saturated rings. The first-order chi connectivity index (χ1) is 7.64. The summed E-state index contributed by atoms with van der Waals surface area (Å²) in [6, 6.07) is 0.122. The lowest BCUT2D eigenvalue weighted by Gasteiger charge is -2.35. The Morgan fingerprint density at radius 1 is 1.59 bits per heavy atom. The third-order valence-electron chi connectivity index (χ3n) is 3.22. The number of carbonyl (C=O) groups is 1. The van der Waals surface area contributed by atoms with Gasteiger partial charge in [-0.2, -0.15) is 0 Å². The first-order valence-electron chi connectivity index (χ1n) is 5.84. The fourth-order valence-electron chi connectivity index (χ4n) is 1.97. The molecular weight excluding hydrogens is 240 g/mol. The molecule has 1 atom stereocenters. The van der Waals surface area contributed by atoms with E-state index < -0.39 is 5.41 Å². The fourth-order valence-corrected chi connectivity index (χ4v) is 1.97. The standard InChI is InChI=1S/C12H22N2O2.ClH/c1-3-4-10(2)14-11(15)12(9-13)5-7-16-8-6-12;/h3,10H,1,4-9,13H2,2H3,(H,14,15);1H. The summed E-state index contributed by atoms with van der Waals surface area (Å²) in [5.41, 5.74) is 5.33. The van der Waals surface area contributed by atoms with E-state index in [4.69, 9.17) is 10.5 Å². The second-order valence-corrected chi connectivity index (χ2v) is 4.50. The minimum absolute atomic E-state index is 0. The monoisotopic (exact) mass is 262 g/mol. The normalized spacial score (nSPS) is 19.9. The van der Waals surface area contributed by atoms with Gasteiger partial charge in [0.05, 0.1) is 5.41 Å². The van der Waals surface area contributed by atoms with Crippen LogP contribution < -0.4 is 11.1 Å². The topological polar surface area (TPSA) is 64.4 Å². The molecule has 0 aromatic rings. The Balaban J connectivity index is 0.00000256. The van der Waals surface area contributed by atoms with E-state index >= 15 is 0 Å². The van der Waals surface area contributed by atoms with Crippen LogP contribution in [0.15, 0.2) is 12.7 Å². The van der Waals surface area contributed by atoms with E-state index in [1.165, 1.54) is 0 Å². The van der Waals surface area contributed by atoms with E-state index in [0.717, 1.165) is 19.3 Å². The number of amides is 1. The van der Waals surface area contributed by atoms with E-state index in [1.54, 1.807) is 0 Å². The van der Waals surface area contributed by atoms with Crippen molar-refractivity contribution in [3.8, 4) is 0 Å². The molecule has 1 heterocycles. The predicted molar refractivity (Wildman–Crippen MR) is 71.2 cm³/mol. The van der Waals surface area contributed by atoms with Crippen LogP contribution >= 0.6 is 12.4 Å². The number of hydrogen-bond donors (Lipinski definition) is 2. The maximum Gasteiger partial charge on any atom is 0.227 e. The van der Waals surface area contributed by atoms with Gasteiger partial charge in [-0.15, -0.1) is 19.0 Å². The first-order valence-corrected chi connectivity index (χ1v) is 5.84. The second-order valence-electron chi connectivity index (χ2n) is 4.50. The minimum atomic E-state index is -0.423. The quantitative estimate of drug-likeness (QED) is 0.733. The summed E-state index contributed by atoms with van der Waals surface area (Å²) in [5.74, 6) is 0.0626. The Hall–Kier alpha value is -0.580. The van der Waals surface area contributed by atoms with E-state index in [1.807, 2.05) is 13.0 Å². The summed E-state index contributed by atoms with van der Waals surface area (Å²) < 4.78 is 5.28. The van der Waals surface area contributed by atoms with Crippen LogP contribution in [0.4, 0.5) is 0 Å². The Morgan fingerprint density at radius 2 is 2.18 bits per heavy atom. The fraction of sp³-hybridized carbons (Fsp3) is 0.750. The van der Waals surface area contributed by atoms with Crippen LogP contribution in [0.25, 0.3) is 0 Å². The van der Waals surface area contributed by atoms with Crippen molar-refractivity contribution in [1.29, 1.82) is 0 Å². The SMILES string of the molecule is C=CCC(C)NC(=O)C1(CN)CCOCC1.Cl. The molecule has 1 saturated heterocycles. The molecule has 0 bridgehead atoms. The summed E-state index contributed by atoms with van der Waals surface area (Å²) in [4.78, 5) is 12.2. The zero-order chi connectivity index (χ0) is 12.0. The number of nitrogens with two attached hydrogens (primary N) is 1. The van der Waals surface area contributed by atoms with Crippen molar-refractivity contribution in [2.24, 2.45) is 11.1 Å². The first kappa shape index (κ1) is 16.4. The van der Waals surface area contributed by atoms with Crippen LogP contribution in [0.2, 0.25) is 0 Å². The highest BCUT2D eigenvalue weighted by Crippen LogP contribution is 2.29. The van der Waals surface area contributed by atoms with Crippen LogP contribution in [-0.4, -0.2) is 31.7 Å². The van der Waals surface area contributed by atoms with Crippen molar-refractivity contribution >= 4 is 18.3 Å². The third kappa shape index (κ3) is 4.30. The van der Waals surface area contributed by atoms with Crippen molar-refractivity contribution < 1.29 is 9.53 Å². The number of nitrogens with one attached hydrogen (secondary N) is 1. The molecule has 1 aliphatic heterocycles. The van der Waals surface area contributed by atoms with Gasteiger partial charge >= 0.3 is 0 Å². The maximum atomic E-state index is 12.2. The van der Waals surface area contributed by atoms with Crippen molar-refractivity contribution in [3.63, 3.8) is 0 Å². The van der Waals surface area contributed by atoms with Crippen LogP contribution in [0.5, 0.6) is 0 Å². The molecule has 3 N–H and O–H groups in total. The van der Waals surface area contributed by atoms with Gasteiger partial charge in [-0.05, 0) is 26.2 Å². The van der Waals surface area contributed by atoms with Crippen LogP contribution in [0.1, 0.15) is 26.2 Å². The average Bonchev–Trinajstić information content (AvgIpc) is 2.30. The number of rotatable bonds is 5. The summed E-state index contributed by atoms with van der Waals surface area (Å²) in [6.07, 6.45) is 4.03. The zero-order valence-electron chi connectivity index (χ0n) is 10.4. The number of halogens is 1. The van der Waals surface area contributed by atoms with Gasteiger partial charge in [0.1, 0.15) is 0 Å². The van der Waals surface area contributed by atoms with Crippen LogP contribution in [-0.2, 0) is 9.53 Å². The molecule has 1 amide bonds. The molecule has 0 aromatic carbocycles. The second kappa shape index (κ2) is 7.69. The molecule has 0 aliphatic carbocycles. The van der Waals surface area contributed by atoms with E-state index in [9.17, 15) is 4.79 Å². The molecule has 1 aliphatic rings. The van der Waals surface area contributed by atoms with Gasteiger partial charge in [-0.3, -0.25) is 4.79 Å². The van der Waals surface area contributed by atoms with Gasteiger partial charge < -0.3 is 15.8 Å². The Morgan fingerprint density at radius 3 is 2.65 bits per heavy atom. The van der Waals surface area contributed by atoms with Gasteiger partial charge in [0.15, 0.2) is 0 Å². The molecule has 17 heavy (non-hydrogen) atoms. The molecule has 4 nitrogen and oxygen atoms in total. The molecular formula is C12H23ClN2O2. The van der Waals surface area contributed by atoms with Gasteiger partial charge in [0.25, 0.3) is 0 Å². The minimum Gasteiger partial charge on any atom is -0.381 e. The third-order valence-corrected chi connectivity index (χ3v) is 3.22. The van der Waals surface area contributed by atoms with E-state index in [-0.39, 0.29) is 24.4 Å². The molecule has 0 saturated carbocycles. The van der Waals surface area contributed by atoms with Crippen molar-refractivity contribution in [3.05, 3.63) is 12.7 Å². The summed E-state index contributed by atoms with van der Waals surface area (Å²) in [5, 5.41) is 3.00. The van der Waals surface area contributed by atoms with Gasteiger partial charge in [-0.25, -0.2) is 0 Å². The average molecular weight is 263 g/mol. The van der Waals surface area contributed by atoms with E-state index in [2.05, 4.69) is 11.9 Å². The Bertz CT molecular complexity index is 253. The van der Waals surface area contributed by atoms with Crippen molar-refractivity contribution in [2.75, 3.05) is 19.8 Å². The Labute approximate surface area is 109 Å². The van der Waals surface area contributed by atoms with Crippen LogP contribution in [0, 0.1) is 5.41 Å². The number of hydrogen-bond acceptors (Lipinski definition) is 3. The summed E-state index contributed by atoms with van der Waals surface area (Å²) in [6.45, 7) is 7.28. The highest BCUT2D eigenvalue weighted by molar-refractivity contribution is 5.85. The van der Waals surface area contributed by atoms with Gasteiger partial charge in [0, 0.05) is 25.8 Å². The summed E-state index contributed by atoms with van der Waals surface area (Å²) in [7, 11) is 0. The number of ether oxygens (including phenoxy) is 1. The van der Waals surface area contributed by atoms with Crippen molar-refractivity contribution in [1.82, 2.24) is 5.32 Å². The smallest absolute Gasteiger partial charge is 0.227 e. The highest BCUT2D eigenvalue weighted by Gasteiger charge is 2.38. The summed E-state index contributed by atoms with van der Waals surface area (Å²) >= 11 is 0. The van der Waals surface area contributed by atoms with Gasteiger partial charge in [-0.1, -0.05) is 6.08 Å². The zero-order valence-corrected chi connectivity index (χ0v) is 11.2. The van der Waals surface area contributed by atoms with Crippen LogP contribution in [0.3, 0.4) is 0 Å². The highest BCUT2D eigenvalue weighted by atomic mass is 35.5. The Kier molecular flexibility index (Phi) is 7.43. The molecule has 0 spiro atoms. The van der Waals surface area contributed by atoms with Crippen molar-refractivity contribution in [2.45, 2.75) is 32.2 Å². The lowest BCUT2D eigenvalue weighted by Crippen LogP contribution is -2.51. The predicted octanol–water partition coefficient (Wildman–Crippen LogP) is 1.24. The van der Waals surface area contributed by atoms with Gasteiger partial charge in [0.2, 0.25) is 5.91 Å². The molecule has 100 valence electrons.